The van der Waals surface area contributed by atoms with Crippen LogP contribution in [0.25, 0.3) is 0 Å². The van der Waals surface area contributed by atoms with E-state index in [0.717, 1.165) is 25.2 Å². The molecule has 1 saturated heterocycles. The summed E-state index contributed by atoms with van der Waals surface area (Å²) < 4.78 is 0. The van der Waals surface area contributed by atoms with Crippen molar-refractivity contribution in [3.8, 4) is 0 Å². The van der Waals surface area contributed by atoms with Gasteiger partial charge >= 0.3 is 0 Å². The second-order valence-electron chi connectivity index (χ2n) is 5.90. The molecule has 20 heavy (non-hydrogen) atoms. The Morgan fingerprint density at radius 3 is 2.80 bits per heavy atom. The average molecular weight is 276 g/mol. The van der Waals surface area contributed by atoms with Gasteiger partial charge in [0.15, 0.2) is 0 Å². The zero-order chi connectivity index (χ0) is 14.5. The summed E-state index contributed by atoms with van der Waals surface area (Å²) in [5.41, 5.74) is 2.39. The molecular weight excluding hydrogens is 248 g/mol. The van der Waals surface area contributed by atoms with E-state index in [-0.39, 0.29) is 0 Å². The molecule has 0 spiro atoms. The van der Waals surface area contributed by atoms with Crippen LogP contribution in [0.2, 0.25) is 0 Å². The predicted octanol–water partition coefficient (Wildman–Crippen LogP) is 2.28. The van der Waals surface area contributed by atoms with Crippen molar-refractivity contribution in [2.45, 2.75) is 38.3 Å². The highest BCUT2D eigenvalue weighted by Gasteiger charge is 2.21. The number of aromatic nitrogens is 1. The minimum atomic E-state index is 0.361. The van der Waals surface area contributed by atoms with Crippen LogP contribution in [0.15, 0.2) is 18.3 Å². The molecule has 1 aliphatic rings. The number of rotatable bonds is 5. The molecule has 2 atom stereocenters. The third-order valence-electron chi connectivity index (χ3n) is 4.38. The first-order valence-electron chi connectivity index (χ1n) is 7.70. The summed E-state index contributed by atoms with van der Waals surface area (Å²) in [7, 11) is 6.35. The number of hydrogen-bond donors (Lipinski definition) is 1. The molecule has 1 aromatic rings. The van der Waals surface area contributed by atoms with Gasteiger partial charge in [-0.3, -0.25) is 4.98 Å². The molecule has 0 amide bonds. The number of nitrogens with one attached hydrogen (secondary N) is 1. The summed E-state index contributed by atoms with van der Waals surface area (Å²) in [6, 6.07) is 5.41. The van der Waals surface area contributed by atoms with Gasteiger partial charge in [0.2, 0.25) is 0 Å². The Morgan fingerprint density at radius 2 is 2.25 bits per heavy atom. The summed E-state index contributed by atoms with van der Waals surface area (Å²) in [4.78, 5) is 9.45. The van der Waals surface area contributed by atoms with E-state index in [1.807, 2.05) is 13.2 Å². The number of likely N-dealkylation sites (N-methyl/N-ethyl adjacent to an activating group) is 1. The summed E-state index contributed by atoms with van der Waals surface area (Å²) in [5.74, 6) is 0. The molecule has 112 valence electrons. The van der Waals surface area contributed by atoms with E-state index in [9.17, 15) is 0 Å². The molecule has 4 nitrogen and oxygen atoms in total. The summed E-state index contributed by atoms with van der Waals surface area (Å²) in [5, 5.41) is 3.31. The minimum absolute atomic E-state index is 0.361. The van der Waals surface area contributed by atoms with E-state index in [1.165, 1.54) is 18.5 Å². The normalized spacial score (nSPS) is 21.2. The molecule has 2 unspecified atom stereocenters. The fourth-order valence-electron chi connectivity index (χ4n) is 2.96. The van der Waals surface area contributed by atoms with Gasteiger partial charge in [-0.15, -0.1) is 0 Å². The Hall–Kier alpha value is -1.13. The van der Waals surface area contributed by atoms with Crippen molar-refractivity contribution in [1.82, 2.24) is 15.2 Å². The lowest BCUT2D eigenvalue weighted by Gasteiger charge is -2.37. The Labute approximate surface area is 123 Å². The zero-order valence-corrected chi connectivity index (χ0v) is 13.3. The van der Waals surface area contributed by atoms with E-state index >= 15 is 0 Å². The van der Waals surface area contributed by atoms with Crippen molar-refractivity contribution in [2.75, 3.05) is 39.1 Å². The Balaban J connectivity index is 2.05. The topological polar surface area (TPSA) is 31.4 Å². The number of pyridine rings is 1. The molecule has 0 saturated carbocycles. The Kier molecular flexibility index (Phi) is 5.38. The first-order valence-corrected chi connectivity index (χ1v) is 7.70. The Bertz CT molecular complexity index is 397. The lowest BCUT2D eigenvalue weighted by molar-refractivity contribution is 0.258. The molecule has 0 bridgehead atoms. The zero-order valence-electron chi connectivity index (χ0n) is 13.3. The van der Waals surface area contributed by atoms with E-state index in [1.54, 1.807) is 0 Å². The average Bonchev–Trinajstić information content (AvgIpc) is 2.49. The molecule has 0 aliphatic carbocycles. The van der Waals surface area contributed by atoms with Gasteiger partial charge in [0, 0.05) is 25.2 Å². The van der Waals surface area contributed by atoms with Crippen molar-refractivity contribution in [1.29, 1.82) is 0 Å². The molecule has 1 fully saturated rings. The van der Waals surface area contributed by atoms with Crippen LogP contribution < -0.4 is 10.2 Å². The smallest absolute Gasteiger partial charge is 0.0574 e. The molecular formula is C16H28N4. The summed E-state index contributed by atoms with van der Waals surface area (Å²) in [6.07, 6.45) is 5.66. The van der Waals surface area contributed by atoms with Crippen LogP contribution >= 0.6 is 0 Å². The quantitative estimate of drug-likeness (QED) is 0.894. The van der Waals surface area contributed by atoms with Gasteiger partial charge < -0.3 is 15.1 Å². The van der Waals surface area contributed by atoms with E-state index in [0.29, 0.717) is 12.1 Å². The lowest BCUT2D eigenvalue weighted by atomic mass is 10.0. The first-order chi connectivity index (χ1) is 9.65. The monoisotopic (exact) mass is 276 g/mol. The van der Waals surface area contributed by atoms with Crippen molar-refractivity contribution >= 4 is 5.69 Å². The number of nitrogens with zero attached hydrogens (tertiary/aromatic N) is 3. The van der Waals surface area contributed by atoms with Crippen molar-refractivity contribution in [2.24, 2.45) is 0 Å². The number of piperidine rings is 1. The summed E-state index contributed by atoms with van der Waals surface area (Å²) >= 11 is 0. The predicted molar refractivity (Wildman–Crippen MR) is 85.3 cm³/mol. The van der Waals surface area contributed by atoms with E-state index < -0.39 is 0 Å². The van der Waals surface area contributed by atoms with E-state index in [2.05, 4.69) is 53.3 Å². The van der Waals surface area contributed by atoms with E-state index in [4.69, 9.17) is 0 Å². The maximum absolute atomic E-state index is 4.65. The van der Waals surface area contributed by atoms with Gasteiger partial charge in [-0.2, -0.15) is 0 Å². The summed E-state index contributed by atoms with van der Waals surface area (Å²) in [6.45, 7) is 4.44. The Morgan fingerprint density at radius 1 is 1.45 bits per heavy atom. The molecule has 2 rings (SSSR count). The fourth-order valence-corrected chi connectivity index (χ4v) is 2.96. The van der Waals surface area contributed by atoms with Gasteiger partial charge in [0.05, 0.1) is 17.6 Å². The van der Waals surface area contributed by atoms with Crippen LogP contribution in [0.3, 0.4) is 0 Å². The van der Waals surface area contributed by atoms with Crippen LogP contribution in [0, 0.1) is 0 Å². The highest BCUT2D eigenvalue weighted by molar-refractivity contribution is 5.45. The molecule has 2 heterocycles. The van der Waals surface area contributed by atoms with Gasteiger partial charge in [-0.05, 0) is 52.5 Å². The highest BCUT2D eigenvalue weighted by Crippen LogP contribution is 2.22. The van der Waals surface area contributed by atoms with Crippen LogP contribution in [0.5, 0.6) is 0 Å². The maximum Gasteiger partial charge on any atom is 0.0574 e. The maximum atomic E-state index is 4.65. The molecule has 4 heteroatoms. The third kappa shape index (κ3) is 3.49. The van der Waals surface area contributed by atoms with Gasteiger partial charge in [0.25, 0.3) is 0 Å². The molecule has 0 radical (unpaired) electrons. The number of hydrogen-bond acceptors (Lipinski definition) is 4. The molecule has 1 aliphatic heterocycles. The third-order valence-corrected chi connectivity index (χ3v) is 4.38. The largest absolute Gasteiger partial charge is 0.369 e. The van der Waals surface area contributed by atoms with Crippen LogP contribution in [0.1, 0.15) is 37.9 Å². The van der Waals surface area contributed by atoms with Crippen LogP contribution in [-0.4, -0.2) is 50.2 Å². The number of anilines is 1. The van der Waals surface area contributed by atoms with Crippen LogP contribution in [-0.2, 0) is 0 Å². The van der Waals surface area contributed by atoms with Crippen molar-refractivity contribution < 1.29 is 0 Å². The minimum Gasteiger partial charge on any atom is -0.369 e. The van der Waals surface area contributed by atoms with Crippen LogP contribution in [0.4, 0.5) is 5.69 Å². The van der Waals surface area contributed by atoms with Crippen molar-refractivity contribution in [3.63, 3.8) is 0 Å². The first kappa shape index (κ1) is 15.3. The standard InChI is InChI=1S/C16H28N4/c1-5-15(17-2)16-9-8-13(11-18-16)20-10-6-7-14(12-20)19(3)4/h8-9,11,14-15,17H,5-7,10,12H2,1-4H3. The molecule has 1 N–H and O–H groups in total. The highest BCUT2D eigenvalue weighted by atomic mass is 15.2. The molecule has 0 aromatic carbocycles. The second kappa shape index (κ2) is 7.04. The second-order valence-corrected chi connectivity index (χ2v) is 5.90. The van der Waals surface area contributed by atoms with Crippen molar-refractivity contribution in [3.05, 3.63) is 24.0 Å². The van der Waals surface area contributed by atoms with Gasteiger partial charge in [-0.1, -0.05) is 6.92 Å². The fraction of sp³-hybridized carbons (Fsp3) is 0.688. The lowest BCUT2D eigenvalue weighted by Crippen LogP contribution is -2.45. The van der Waals surface area contributed by atoms with Gasteiger partial charge in [0.1, 0.15) is 0 Å². The molecule has 1 aromatic heterocycles. The van der Waals surface area contributed by atoms with Gasteiger partial charge in [-0.25, -0.2) is 0 Å². The SMILES string of the molecule is CCC(NC)c1ccc(N2CCCC(N(C)C)C2)cn1.